The van der Waals surface area contributed by atoms with Gasteiger partial charge in [0.15, 0.2) is 0 Å². The summed E-state index contributed by atoms with van der Waals surface area (Å²) in [6.45, 7) is 20.0. The van der Waals surface area contributed by atoms with Crippen molar-refractivity contribution >= 4 is 114 Å². The van der Waals surface area contributed by atoms with Gasteiger partial charge in [-0.1, -0.05) is 97.1 Å². The van der Waals surface area contributed by atoms with Crippen LogP contribution in [0.25, 0.3) is 88.6 Å². The average Bonchev–Trinajstić information content (AvgIpc) is 1.60. The van der Waals surface area contributed by atoms with Crippen LogP contribution < -0.4 is 14.2 Å². The maximum atomic E-state index is 14.7. The number of halogens is 5. The number of aromatic nitrogens is 4. The zero-order valence-electron chi connectivity index (χ0n) is 66.7. The second kappa shape index (κ2) is 37.0. The van der Waals surface area contributed by atoms with Crippen molar-refractivity contribution in [1.82, 2.24) is 37.9 Å². The van der Waals surface area contributed by atoms with Gasteiger partial charge in [-0.2, -0.15) is 0 Å². The number of alkyl halides is 4. The molecule has 0 N–H and O–H groups in total. The normalized spacial score (nSPS) is 15.2. The van der Waals surface area contributed by atoms with Gasteiger partial charge in [-0.05, 0) is 122 Å². The Hall–Kier alpha value is -9.75. The first-order valence-electron chi connectivity index (χ1n) is 39.4. The molecule has 4 aliphatic heterocycles. The van der Waals surface area contributed by atoms with E-state index in [-0.39, 0.29) is 71.4 Å². The van der Waals surface area contributed by atoms with Crippen LogP contribution >= 0.6 is 47.0 Å². The molecule has 4 amide bonds. The van der Waals surface area contributed by atoms with E-state index in [4.69, 9.17) is 14.2 Å². The Morgan fingerprint density at radius 1 is 0.348 bits per heavy atom. The van der Waals surface area contributed by atoms with Gasteiger partial charge in [-0.25, -0.2) is 22.0 Å². The Labute approximate surface area is 685 Å². The molecule has 4 atom stereocenters. The Kier molecular flexibility index (Phi) is 26.8. The number of rotatable bonds is 23. The van der Waals surface area contributed by atoms with Crippen LogP contribution in [0.2, 0.25) is 0 Å². The summed E-state index contributed by atoms with van der Waals surface area (Å²) in [6.07, 6.45) is 0. The molecular weight excluding hydrogens is 1540 g/mol. The predicted molar refractivity (Wildman–Crippen MR) is 459 cm³/mol. The Balaban J connectivity index is 0.000000134. The van der Waals surface area contributed by atoms with Gasteiger partial charge in [0.1, 0.15) is 70.8 Å². The van der Waals surface area contributed by atoms with E-state index in [1.165, 1.54) is 17.8 Å². The molecule has 0 saturated heterocycles. The maximum Gasteiger partial charge on any atom is 0.240 e. The van der Waals surface area contributed by atoms with E-state index < -0.39 is 31.9 Å². The van der Waals surface area contributed by atoms with Crippen molar-refractivity contribution in [2.24, 2.45) is 0 Å². The van der Waals surface area contributed by atoms with Gasteiger partial charge in [0.25, 0.3) is 0 Å². The summed E-state index contributed by atoms with van der Waals surface area (Å²) in [6, 6.07) is 54.4. The summed E-state index contributed by atoms with van der Waals surface area (Å²) in [4.78, 5) is 64.8. The summed E-state index contributed by atoms with van der Waals surface area (Å²) in [5, 5.41) is 2.20. The number of nitrogens with zero attached hydrogens (tertiary/aromatic N) is 8. The van der Waals surface area contributed by atoms with E-state index >= 15 is 0 Å². The minimum Gasteiger partial charge on any atom is -0.497 e. The Morgan fingerprint density at radius 3 is 1.16 bits per heavy atom. The summed E-state index contributed by atoms with van der Waals surface area (Å²) in [5.41, 5.74) is 14.8. The van der Waals surface area contributed by atoms with E-state index in [0.717, 1.165) is 137 Å². The van der Waals surface area contributed by atoms with E-state index in [0.29, 0.717) is 63.0 Å². The highest BCUT2D eigenvalue weighted by Crippen LogP contribution is 2.59. The van der Waals surface area contributed by atoms with Crippen molar-refractivity contribution in [3.63, 3.8) is 0 Å². The average molecular weight is 1630 g/mol. The molecular formula is C91H97F5N8O7S4. The Bertz CT molecular complexity index is 5500. The Morgan fingerprint density at radius 2 is 0.696 bits per heavy atom. The number of thioether (sulfide) groups is 4. The molecule has 4 unspecified atom stereocenters. The zero-order valence-corrected chi connectivity index (χ0v) is 70.0. The number of fused-ring (bicyclic) bond motifs is 20. The molecule has 8 heterocycles. The number of benzene rings is 8. The first kappa shape index (κ1) is 83.2. The number of para-hydroxylation sites is 2. The van der Waals surface area contributed by atoms with Gasteiger partial charge >= 0.3 is 0 Å². The standard InChI is InChI=1S/3C23H25FN2O2S.C22H22F2N2OS/c1-4-25(5-2)23(27)22-19-16-10-8-11-17(28-3)20(16)26(14-13-24)21(19)15-9-6-7-12-18(15)29-22;1-4-25(5-2)23(27)22-20-16-11-10-15(28-3)14-18(16)26(13-12-24)21(20)17-8-6-7-9-19(17)29-22;1-4-25(5-2)23(27)22-20-17-14-15(28-3)10-11-18(17)26(13-12-24)21(20)16-8-6-7-9-19(16)29-22;1-3-25(4-2)22(27)21-18-14-8-5-6-11-17(14)26(13-12-23)19(18)15-9-7-10-16(24)20(15)28-21/h6-12,22H,4-5,13-14H2,1-3H3;2*6-11,14,22H,4-5,12-13H2,1-3H3;5-11,21H,3-4,12-13H2,1-2H3/i3*24-1;23-1. The smallest absolute Gasteiger partial charge is 0.240 e. The van der Waals surface area contributed by atoms with E-state index in [9.17, 15) is 41.1 Å². The molecule has 0 radical (unpaired) electrons. The predicted octanol–water partition coefficient (Wildman–Crippen LogP) is 21.3. The lowest BCUT2D eigenvalue weighted by Gasteiger charge is -2.30. The van der Waals surface area contributed by atoms with Gasteiger partial charge < -0.3 is 52.1 Å². The molecule has 0 aliphatic carbocycles. The zero-order chi connectivity index (χ0) is 81.5. The summed E-state index contributed by atoms with van der Waals surface area (Å²) >= 11 is 6.03. The first-order valence-corrected chi connectivity index (χ1v) is 42.9. The molecule has 8 aromatic carbocycles. The third-order valence-corrected chi connectivity index (χ3v) is 27.2. The first-order chi connectivity index (χ1) is 56.0. The molecule has 4 aliphatic rings. The minimum absolute atomic E-state index is 0.0340. The van der Waals surface area contributed by atoms with Crippen molar-refractivity contribution < 1.29 is 55.3 Å². The number of ether oxygens (including phenoxy) is 3. The monoisotopic (exact) mass is 1630 g/mol. The topological polar surface area (TPSA) is 129 Å². The van der Waals surface area contributed by atoms with Crippen molar-refractivity contribution in [3.05, 3.63) is 198 Å². The van der Waals surface area contributed by atoms with Gasteiger partial charge in [-0.15, -0.1) is 47.0 Å². The van der Waals surface area contributed by atoms with Crippen LogP contribution in [-0.2, 0) is 45.4 Å². The molecule has 0 saturated carbocycles. The molecule has 24 heteroatoms. The van der Waals surface area contributed by atoms with E-state index in [1.807, 2.05) is 228 Å². The molecule has 0 bridgehead atoms. The highest BCUT2D eigenvalue weighted by atomic mass is 32.2. The van der Waals surface area contributed by atoms with Crippen LogP contribution in [0.1, 0.15) is 98.6 Å². The summed E-state index contributed by atoms with van der Waals surface area (Å²) in [7, 11) is 4.89. The minimum atomic E-state index is -0.551. The van der Waals surface area contributed by atoms with Crippen LogP contribution in [0.4, 0.5) is 22.0 Å². The molecule has 12 aromatic rings. The number of hydrogen-bond donors (Lipinski definition) is 0. The van der Waals surface area contributed by atoms with Crippen LogP contribution in [0, 0.1) is 5.82 Å². The van der Waals surface area contributed by atoms with Crippen LogP contribution in [0.3, 0.4) is 0 Å². The number of amides is 4. The number of aryl methyl sites for hydroxylation is 4. The lowest BCUT2D eigenvalue weighted by atomic mass is 10.00. The number of carbonyl (C=O) groups is 4. The molecule has 0 fully saturated rings. The lowest BCUT2D eigenvalue weighted by Crippen LogP contribution is -2.34. The van der Waals surface area contributed by atoms with Gasteiger partial charge in [-0.3, -0.25) is 19.2 Å². The summed E-state index contributed by atoms with van der Waals surface area (Å²) < 4.78 is 93.3. The van der Waals surface area contributed by atoms with Crippen molar-refractivity contribution in [2.45, 2.75) is 122 Å². The van der Waals surface area contributed by atoms with Gasteiger partial charge in [0.2, 0.25) is 23.6 Å². The second-order valence-electron chi connectivity index (χ2n) is 27.7. The third-order valence-electron chi connectivity index (χ3n) is 22.0. The molecule has 4 aromatic heterocycles. The molecule has 16 rings (SSSR count). The molecule has 15 nitrogen and oxygen atoms in total. The second-order valence-corrected chi connectivity index (χ2v) is 32.2. The highest BCUT2D eigenvalue weighted by Gasteiger charge is 2.43. The molecule has 115 heavy (non-hydrogen) atoms. The third kappa shape index (κ3) is 15.4. The van der Waals surface area contributed by atoms with Gasteiger partial charge in [0.05, 0.1) is 86.2 Å². The lowest BCUT2D eigenvalue weighted by molar-refractivity contribution is -0.131. The SMILES string of the molecule is CCN(CC)C(=O)C1Sc2c(F)cccc2-c2c1c1ccccc1n2CC[18F].CCN(CC)C(=O)C1Sc2ccccc2-c2c1c1cc(OC)ccc1n2CC[18F].CCN(CC)C(=O)C1Sc2ccccc2-c2c1c1ccc(OC)cc1n2CC[18F].CCN(CC)C(=O)C1Sc2ccccc2-c2c1c1cccc(OC)c1n2CC[18F]. The highest BCUT2D eigenvalue weighted by molar-refractivity contribution is 8.01. The number of carbonyl (C=O) groups excluding carboxylic acids is 4. The molecule has 0 spiro atoms. The summed E-state index contributed by atoms with van der Waals surface area (Å²) in [5.74, 6) is 2.06. The quantitative estimate of drug-likeness (QED) is 0.0568. The fourth-order valence-corrected chi connectivity index (χ4v) is 21.9. The van der Waals surface area contributed by atoms with Crippen LogP contribution in [-0.4, -0.2) is 162 Å². The van der Waals surface area contributed by atoms with Crippen LogP contribution in [0.15, 0.2) is 189 Å². The van der Waals surface area contributed by atoms with Crippen molar-refractivity contribution in [2.75, 3.05) is 100 Å². The van der Waals surface area contributed by atoms with E-state index in [2.05, 4.69) is 18.2 Å². The van der Waals surface area contributed by atoms with E-state index in [1.54, 1.807) is 67.6 Å². The fraction of sp³-hybridized carbons (Fsp3) is 0.341. The number of methoxy groups -OCH3 is 3. The van der Waals surface area contributed by atoms with Crippen molar-refractivity contribution in [3.8, 4) is 62.3 Å². The fourth-order valence-electron chi connectivity index (χ4n) is 16.7. The number of hydrogen-bond acceptors (Lipinski definition) is 11. The van der Waals surface area contributed by atoms with Crippen molar-refractivity contribution in [1.29, 1.82) is 0 Å². The van der Waals surface area contributed by atoms with Crippen LogP contribution in [0.5, 0.6) is 17.2 Å². The largest absolute Gasteiger partial charge is 0.497 e. The molecule has 602 valence electrons. The number of likely N-dealkylation sites (N-methyl/N-ethyl adjacent to an activating group) is 4. The maximum absolute atomic E-state index is 14.7. The van der Waals surface area contributed by atoms with Gasteiger partial charge in [0, 0.05) is 150 Å².